The number of carbonyl (C=O) groups is 1. The molecule has 0 aliphatic heterocycles. The van der Waals surface area contributed by atoms with Crippen LogP contribution in [0, 0.1) is 0 Å². The zero-order chi connectivity index (χ0) is 14.6. The number of anilines is 1. The molecule has 4 heteroatoms. The average Bonchev–Trinajstić information content (AvgIpc) is 2.77. The van der Waals surface area contributed by atoms with Crippen LogP contribution in [0.4, 0.5) is 5.69 Å². The zero-order valence-electron chi connectivity index (χ0n) is 11.3. The van der Waals surface area contributed by atoms with Crippen LogP contribution in [0.1, 0.15) is 15.9 Å². The summed E-state index contributed by atoms with van der Waals surface area (Å²) in [5.41, 5.74) is 4.17. The Kier molecular flexibility index (Phi) is 2.30. The number of aromatic hydroxyl groups is 1. The van der Waals surface area contributed by atoms with Crippen LogP contribution < -0.4 is 5.32 Å². The predicted octanol–water partition coefficient (Wildman–Crippen LogP) is 3.19. The Labute approximate surface area is 121 Å². The first-order valence-corrected chi connectivity index (χ1v) is 6.69. The summed E-state index contributed by atoms with van der Waals surface area (Å²) in [6, 6.07) is 12.6. The number of aromatic nitrogens is 1. The van der Waals surface area contributed by atoms with E-state index in [0.29, 0.717) is 16.8 Å². The van der Waals surface area contributed by atoms with Crippen LogP contribution in [-0.4, -0.2) is 22.9 Å². The van der Waals surface area contributed by atoms with Gasteiger partial charge in [0.05, 0.1) is 22.5 Å². The van der Waals surface area contributed by atoms with Gasteiger partial charge in [0, 0.05) is 23.6 Å². The van der Waals surface area contributed by atoms with Gasteiger partial charge in [0.25, 0.3) is 0 Å². The molecule has 3 aromatic rings. The van der Waals surface area contributed by atoms with Crippen molar-refractivity contribution < 1.29 is 9.90 Å². The van der Waals surface area contributed by atoms with Crippen LogP contribution in [0.25, 0.3) is 22.2 Å². The Morgan fingerprint density at radius 3 is 2.71 bits per heavy atom. The van der Waals surface area contributed by atoms with Crippen LogP contribution >= 0.6 is 0 Å². The lowest BCUT2D eigenvalue weighted by molar-refractivity contribution is 0.104. The number of benzene rings is 2. The summed E-state index contributed by atoms with van der Waals surface area (Å²) in [7, 11) is 1.80. The van der Waals surface area contributed by atoms with Crippen molar-refractivity contribution in [1.82, 2.24) is 4.98 Å². The quantitative estimate of drug-likeness (QED) is 0.560. The molecule has 0 bridgehead atoms. The Morgan fingerprint density at radius 1 is 1.10 bits per heavy atom. The summed E-state index contributed by atoms with van der Waals surface area (Å²) in [6.07, 6.45) is 0. The highest BCUT2D eigenvalue weighted by molar-refractivity contribution is 6.26. The minimum atomic E-state index is -0.0986. The van der Waals surface area contributed by atoms with Gasteiger partial charge in [-0.25, -0.2) is 4.98 Å². The van der Waals surface area contributed by atoms with Crippen molar-refractivity contribution in [1.29, 1.82) is 0 Å². The molecule has 0 saturated carbocycles. The first-order chi connectivity index (χ1) is 10.2. The van der Waals surface area contributed by atoms with Gasteiger partial charge in [0.2, 0.25) is 0 Å². The lowest BCUT2D eigenvalue weighted by atomic mass is 10.1. The maximum atomic E-state index is 12.7. The standard InChI is InChI=1S/C17H12N2O2/c1-18-15-11-4-2-3-5-13(11)19-16-10-7-6-9(20)8-12(10)17(21)14(15)16/h2-8,20H,1H3,(H,18,19). The van der Waals surface area contributed by atoms with E-state index in [1.165, 1.54) is 6.07 Å². The molecule has 4 nitrogen and oxygen atoms in total. The van der Waals surface area contributed by atoms with E-state index in [0.717, 1.165) is 22.2 Å². The van der Waals surface area contributed by atoms with Crippen molar-refractivity contribution in [3.8, 4) is 17.0 Å². The molecule has 0 fully saturated rings. The fourth-order valence-corrected chi connectivity index (χ4v) is 2.95. The van der Waals surface area contributed by atoms with Crippen molar-refractivity contribution in [2.75, 3.05) is 12.4 Å². The van der Waals surface area contributed by atoms with Gasteiger partial charge in [-0.05, 0) is 24.3 Å². The number of fused-ring (bicyclic) bond motifs is 4. The molecule has 1 heterocycles. The summed E-state index contributed by atoms with van der Waals surface area (Å²) in [6.45, 7) is 0. The molecule has 1 aliphatic rings. The van der Waals surface area contributed by atoms with Crippen molar-refractivity contribution in [2.24, 2.45) is 0 Å². The molecule has 21 heavy (non-hydrogen) atoms. The summed E-state index contributed by atoms with van der Waals surface area (Å²) in [5, 5.41) is 13.7. The number of nitrogens with one attached hydrogen (secondary N) is 1. The van der Waals surface area contributed by atoms with Crippen molar-refractivity contribution in [3.05, 3.63) is 53.6 Å². The Morgan fingerprint density at radius 2 is 1.90 bits per heavy atom. The molecule has 0 spiro atoms. The van der Waals surface area contributed by atoms with Crippen LogP contribution in [-0.2, 0) is 0 Å². The predicted molar refractivity (Wildman–Crippen MR) is 81.8 cm³/mol. The molecule has 0 unspecified atom stereocenters. The number of pyridine rings is 1. The van der Waals surface area contributed by atoms with E-state index in [4.69, 9.17) is 0 Å². The summed E-state index contributed by atoms with van der Waals surface area (Å²) >= 11 is 0. The molecule has 0 saturated heterocycles. The smallest absolute Gasteiger partial charge is 0.198 e. The molecule has 0 amide bonds. The number of carbonyl (C=O) groups excluding carboxylic acids is 1. The third-order valence-corrected chi connectivity index (χ3v) is 3.87. The van der Waals surface area contributed by atoms with Gasteiger partial charge in [-0.15, -0.1) is 0 Å². The number of hydrogen-bond donors (Lipinski definition) is 2. The number of para-hydroxylation sites is 1. The fourth-order valence-electron chi connectivity index (χ4n) is 2.95. The largest absolute Gasteiger partial charge is 0.508 e. The Bertz CT molecular complexity index is 916. The maximum absolute atomic E-state index is 12.7. The highest BCUT2D eigenvalue weighted by Gasteiger charge is 2.32. The van der Waals surface area contributed by atoms with Gasteiger partial charge in [-0.3, -0.25) is 4.79 Å². The number of rotatable bonds is 1. The highest BCUT2D eigenvalue weighted by Crippen LogP contribution is 2.42. The Hall–Kier alpha value is -2.88. The van der Waals surface area contributed by atoms with Gasteiger partial charge >= 0.3 is 0 Å². The summed E-state index contributed by atoms with van der Waals surface area (Å²) < 4.78 is 0. The molecule has 2 aromatic carbocycles. The van der Waals surface area contributed by atoms with Gasteiger partial charge in [-0.2, -0.15) is 0 Å². The van der Waals surface area contributed by atoms with E-state index < -0.39 is 0 Å². The second-order valence-corrected chi connectivity index (χ2v) is 5.04. The van der Waals surface area contributed by atoms with E-state index in [9.17, 15) is 9.90 Å². The van der Waals surface area contributed by atoms with Gasteiger partial charge in [0.15, 0.2) is 5.78 Å². The molecule has 1 aromatic heterocycles. The van der Waals surface area contributed by atoms with Crippen molar-refractivity contribution in [2.45, 2.75) is 0 Å². The molecule has 0 atom stereocenters. The fraction of sp³-hybridized carbons (Fsp3) is 0.0588. The monoisotopic (exact) mass is 276 g/mol. The van der Waals surface area contributed by atoms with Crippen LogP contribution in [0.15, 0.2) is 42.5 Å². The van der Waals surface area contributed by atoms with Gasteiger partial charge < -0.3 is 10.4 Å². The summed E-state index contributed by atoms with van der Waals surface area (Å²) in [5.74, 6) is -0.0102. The topological polar surface area (TPSA) is 62.2 Å². The minimum Gasteiger partial charge on any atom is -0.508 e. The molecular weight excluding hydrogens is 264 g/mol. The normalized spacial score (nSPS) is 12.3. The number of nitrogens with zero attached hydrogens (tertiary/aromatic N) is 1. The zero-order valence-corrected chi connectivity index (χ0v) is 11.3. The van der Waals surface area contributed by atoms with E-state index in [-0.39, 0.29) is 11.5 Å². The van der Waals surface area contributed by atoms with Gasteiger partial charge in [0.1, 0.15) is 5.75 Å². The third-order valence-electron chi connectivity index (χ3n) is 3.87. The van der Waals surface area contributed by atoms with Crippen LogP contribution in [0.5, 0.6) is 5.75 Å². The SMILES string of the molecule is CNc1c2c(nc3ccccc13)-c1ccc(O)cc1C2=O. The van der Waals surface area contributed by atoms with Crippen molar-refractivity contribution in [3.63, 3.8) is 0 Å². The Balaban J connectivity index is 2.15. The molecule has 1 aliphatic carbocycles. The van der Waals surface area contributed by atoms with E-state index >= 15 is 0 Å². The number of phenols is 1. The first kappa shape index (κ1) is 11.9. The number of phenolic OH excluding ortho intramolecular Hbond substituents is 1. The second-order valence-electron chi connectivity index (χ2n) is 5.04. The lowest BCUT2D eigenvalue weighted by Gasteiger charge is -2.10. The lowest BCUT2D eigenvalue weighted by Crippen LogP contribution is -2.03. The maximum Gasteiger partial charge on any atom is 0.198 e. The van der Waals surface area contributed by atoms with E-state index in [1.54, 1.807) is 19.2 Å². The van der Waals surface area contributed by atoms with Crippen LogP contribution in [0.3, 0.4) is 0 Å². The second kappa shape index (κ2) is 4.06. The van der Waals surface area contributed by atoms with Crippen molar-refractivity contribution >= 4 is 22.4 Å². The number of ketones is 1. The number of hydrogen-bond acceptors (Lipinski definition) is 4. The van der Waals surface area contributed by atoms with Gasteiger partial charge in [-0.1, -0.05) is 18.2 Å². The third kappa shape index (κ3) is 1.50. The molecule has 2 N–H and O–H groups in total. The van der Waals surface area contributed by atoms with E-state index in [2.05, 4.69) is 10.3 Å². The molecular formula is C17H12N2O2. The minimum absolute atomic E-state index is 0.0884. The highest BCUT2D eigenvalue weighted by atomic mass is 16.3. The van der Waals surface area contributed by atoms with Crippen LogP contribution in [0.2, 0.25) is 0 Å². The van der Waals surface area contributed by atoms with E-state index in [1.807, 2.05) is 24.3 Å². The summed E-state index contributed by atoms with van der Waals surface area (Å²) in [4.78, 5) is 17.3. The molecule has 0 radical (unpaired) electrons. The molecule has 102 valence electrons. The molecule has 4 rings (SSSR count). The first-order valence-electron chi connectivity index (χ1n) is 6.69. The average molecular weight is 276 g/mol.